The monoisotopic (exact) mass is 306 g/mol. The second-order valence-electron chi connectivity index (χ2n) is 4.39. The third-order valence-electron chi connectivity index (χ3n) is 2.90. The van der Waals surface area contributed by atoms with E-state index in [0.717, 1.165) is 12.0 Å². The Balaban J connectivity index is 2.16. The predicted octanol–water partition coefficient (Wildman–Crippen LogP) is 2.71. The molecule has 0 saturated carbocycles. The number of esters is 1. The molecule has 0 saturated heterocycles. The lowest BCUT2D eigenvalue weighted by Crippen LogP contribution is -2.09. The van der Waals surface area contributed by atoms with E-state index in [2.05, 4.69) is 0 Å². The molecule has 0 amide bonds. The lowest BCUT2D eigenvalue weighted by Gasteiger charge is -2.06. The van der Waals surface area contributed by atoms with Crippen molar-refractivity contribution in [3.05, 3.63) is 59.7 Å². The second-order valence-corrected chi connectivity index (χ2v) is 5.81. The van der Waals surface area contributed by atoms with E-state index in [9.17, 15) is 13.2 Å². The van der Waals surface area contributed by atoms with Gasteiger partial charge in [-0.05, 0) is 48.4 Å². The predicted molar refractivity (Wildman–Crippen MR) is 77.0 cm³/mol. The molecule has 0 aliphatic rings. The first-order valence-corrected chi connectivity index (χ1v) is 7.73. The topological polar surface area (TPSA) is 80.7 Å². The van der Waals surface area contributed by atoms with E-state index in [-0.39, 0.29) is 10.6 Å². The van der Waals surface area contributed by atoms with Crippen molar-refractivity contribution in [2.45, 2.75) is 18.2 Å². The fraction of sp³-hybridized carbons (Fsp3) is 0.133. The van der Waals surface area contributed by atoms with Gasteiger partial charge in [0.25, 0.3) is 10.1 Å². The molecule has 5 nitrogen and oxygen atoms in total. The Hall–Kier alpha value is -2.18. The summed E-state index contributed by atoms with van der Waals surface area (Å²) in [4.78, 5) is 11.7. The summed E-state index contributed by atoms with van der Waals surface area (Å²) in [5.74, 6) is -0.320. The fourth-order valence-corrected chi connectivity index (χ4v) is 2.24. The largest absolute Gasteiger partial charge is 0.423 e. The highest BCUT2D eigenvalue weighted by Gasteiger charge is 2.12. The fourth-order valence-electron chi connectivity index (χ4n) is 1.76. The third kappa shape index (κ3) is 3.90. The van der Waals surface area contributed by atoms with Crippen LogP contribution in [0.4, 0.5) is 0 Å². The molecule has 2 aromatic carbocycles. The van der Waals surface area contributed by atoms with Crippen molar-refractivity contribution in [3.63, 3.8) is 0 Å². The smallest absolute Gasteiger partial charge is 0.343 e. The van der Waals surface area contributed by atoms with Crippen LogP contribution in [0.25, 0.3) is 0 Å². The molecule has 0 heterocycles. The van der Waals surface area contributed by atoms with Gasteiger partial charge < -0.3 is 4.74 Å². The Bertz CT molecular complexity index is 748. The van der Waals surface area contributed by atoms with Crippen LogP contribution in [0.15, 0.2) is 53.4 Å². The maximum Gasteiger partial charge on any atom is 0.343 e. The van der Waals surface area contributed by atoms with Gasteiger partial charge in [-0.3, -0.25) is 4.55 Å². The first-order chi connectivity index (χ1) is 9.90. The van der Waals surface area contributed by atoms with E-state index in [1.165, 1.54) is 24.3 Å². The minimum Gasteiger partial charge on any atom is -0.423 e. The van der Waals surface area contributed by atoms with Gasteiger partial charge in [0.15, 0.2) is 0 Å². The Labute approximate surface area is 122 Å². The van der Waals surface area contributed by atoms with E-state index in [4.69, 9.17) is 9.29 Å². The highest BCUT2D eigenvalue weighted by atomic mass is 32.2. The average Bonchev–Trinajstić information content (AvgIpc) is 2.47. The number of hydrogen-bond donors (Lipinski definition) is 1. The lowest BCUT2D eigenvalue weighted by molar-refractivity contribution is 0.0734. The Morgan fingerprint density at radius 3 is 2.38 bits per heavy atom. The highest BCUT2D eigenvalue weighted by Crippen LogP contribution is 2.17. The van der Waals surface area contributed by atoms with Crippen LogP contribution in [0.3, 0.4) is 0 Å². The molecule has 0 aliphatic heterocycles. The van der Waals surface area contributed by atoms with Gasteiger partial charge in [0.05, 0.1) is 10.5 Å². The van der Waals surface area contributed by atoms with Crippen molar-refractivity contribution >= 4 is 16.1 Å². The summed E-state index contributed by atoms with van der Waals surface area (Å²) in [5.41, 5.74) is 1.44. The van der Waals surface area contributed by atoms with Gasteiger partial charge in [0.2, 0.25) is 0 Å². The van der Waals surface area contributed by atoms with E-state index in [1.807, 2.05) is 13.0 Å². The van der Waals surface area contributed by atoms with Crippen LogP contribution in [0.1, 0.15) is 22.8 Å². The molecule has 0 atom stereocenters. The number of carbonyl (C=O) groups is 1. The molecule has 0 radical (unpaired) electrons. The maximum atomic E-state index is 12.0. The molecule has 0 bridgehead atoms. The first kappa shape index (κ1) is 15.2. The first-order valence-electron chi connectivity index (χ1n) is 6.29. The molecule has 0 aliphatic carbocycles. The third-order valence-corrected chi connectivity index (χ3v) is 3.77. The van der Waals surface area contributed by atoms with E-state index >= 15 is 0 Å². The van der Waals surface area contributed by atoms with Gasteiger partial charge >= 0.3 is 5.97 Å². The normalized spacial score (nSPS) is 11.1. The zero-order valence-electron chi connectivity index (χ0n) is 11.3. The van der Waals surface area contributed by atoms with Crippen LogP contribution < -0.4 is 4.74 Å². The van der Waals surface area contributed by atoms with Crippen molar-refractivity contribution in [1.29, 1.82) is 0 Å². The summed E-state index contributed by atoms with van der Waals surface area (Å²) in [7, 11) is -4.25. The molecule has 0 spiro atoms. The standard InChI is InChI=1S/C15H14O5S/c1-2-11-4-3-5-12(10-11)15(16)20-13-6-8-14(9-7-13)21(17,18)19/h3-10H,2H2,1H3,(H,17,18,19). The van der Waals surface area contributed by atoms with Gasteiger partial charge in [0.1, 0.15) is 5.75 Å². The molecule has 0 fully saturated rings. The lowest BCUT2D eigenvalue weighted by atomic mass is 10.1. The molecular formula is C15H14O5S. The van der Waals surface area contributed by atoms with Crippen LogP contribution in [0, 0.1) is 0 Å². The van der Waals surface area contributed by atoms with Crippen molar-refractivity contribution in [2.24, 2.45) is 0 Å². The van der Waals surface area contributed by atoms with Gasteiger partial charge in [-0.1, -0.05) is 19.1 Å². The molecule has 0 unspecified atom stereocenters. The number of aryl methyl sites for hydroxylation is 1. The average molecular weight is 306 g/mol. The van der Waals surface area contributed by atoms with Crippen molar-refractivity contribution in [3.8, 4) is 5.75 Å². The number of carbonyl (C=O) groups excluding carboxylic acids is 1. The van der Waals surface area contributed by atoms with Crippen molar-refractivity contribution in [2.75, 3.05) is 0 Å². The molecular weight excluding hydrogens is 292 g/mol. The molecule has 6 heteroatoms. The molecule has 0 aromatic heterocycles. The van der Waals surface area contributed by atoms with E-state index < -0.39 is 16.1 Å². The number of rotatable bonds is 4. The summed E-state index contributed by atoms with van der Waals surface area (Å²) in [6.07, 6.45) is 0.810. The summed E-state index contributed by atoms with van der Waals surface area (Å²) < 4.78 is 35.8. The molecule has 110 valence electrons. The Morgan fingerprint density at radius 2 is 1.81 bits per heavy atom. The SMILES string of the molecule is CCc1cccc(C(=O)Oc2ccc(S(=O)(=O)O)cc2)c1. The van der Waals surface area contributed by atoms with Crippen molar-refractivity contribution < 1.29 is 22.5 Å². The van der Waals surface area contributed by atoms with Gasteiger partial charge in [-0.2, -0.15) is 8.42 Å². The number of ether oxygens (including phenoxy) is 1. The molecule has 1 N–H and O–H groups in total. The summed E-state index contributed by atoms with van der Waals surface area (Å²) >= 11 is 0. The van der Waals surface area contributed by atoms with Crippen molar-refractivity contribution in [1.82, 2.24) is 0 Å². The highest BCUT2D eigenvalue weighted by molar-refractivity contribution is 7.85. The van der Waals surface area contributed by atoms with Crippen LogP contribution in [0.2, 0.25) is 0 Å². The Morgan fingerprint density at radius 1 is 1.14 bits per heavy atom. The zero-order chi connectivity index (χ0) is 15.5. The minimum absolute atomic E-state index is 0.203. The van der Waals surface area contributed by atoms with Gasteiger partial charge in [-0.25, -0.2) is 4.79 Å². The quantitative estimate of drug-likeness (QED) is 0.533. The van der Waals surface area contributed by atoms with Crippen LogP contribution >= 0.6 is 0 Å². The zero-order valence-corrected chi connectivity index (χ0v) is 12.1. The van der Waals surface area contributed by atoms with Crippen LogP contribution in [-0.2, 0) is 16.5 Å². The number of hydrogen-bond acceptors (Lipinski definition) is 4. The second kappa shape index (κ2) is 6.07. The van der Waals surface area contributed by atoms with E-state index in [1.54, 1.807) is 18.2 Å². The van der Waals surface area contributed by atoms with Crippen LogP contribution in [0.5, 0.6) is 5.75 Å². The summed E-state index contributed by atoms with van der Waals surface area (Å²) in [6, 6.07) is 12.0. The van der Waals surface area contributed by atoms with Crippen LogP contribution in [-0.4, -0.2) is 18.9 Å². The summed E-state index contributed by atoms with van der Waals surface area (Å²) in [5, 5.41) is 0. The molecule has 2 aromatic rings. The van der Waals surface area contributed by atoms with Gasteiger partial charge in [0, 0.05) is 0 Å². The number of benzene rings is 2. The minimum atomic E-state index is -4.25. The Kier molecular flexibility index (Phi) is 4.40. The molecule has 2 rings (SSSR count). The van der Waals surface area contributed by atoms with Gasteiger partial charge in [-0.15, -0.1) is 0 Å². The van der Waals surface area contributed by atoms with E-state index in [0.29, 0.717) is 5.56 Å². The molecule has 21 heavy (non-hydrogen) atoms. The summed E-state index contributed by atoms with van der Waals surface area (Å²) in [6.45, 7) is 1.98. The maximum absolute atomic E-state index is 12.0.